The summed E-state index contributed by atoms with van der Waals surface area (Å²) in [7, 11) is 13.0. The predicted molar refractivity (Wildman–Crippen MR) is 397 cm³/mol. The summed E-state index contributed by atoms with van der Waals surface area (Å²) < 4.78 is 55.2. The lowest BCUT2D eigenvalue weighted by molar-refractivity contribution is 0.273. The lowest BCUT2D eigenvalue weighted by atomic mass is 9.76. The molecule has 0 saturated heterocycles. The van der Waals surface area contributed by atoms with Crippen molar-refractivity contribution < 1.29 is 51.9 Å². The highest BCUT2D eigenvalue weighted by Crippen LogP contribution is 2.43. The number of aryl methyl sites for hydroxylation is 12. The van der Waals surface area contributed by atoms with Gasteiger partial charge in [0.25, 0.3) is 0 Å². The highest BCUT2D eigenvalue weighted by Gasteiger charge is 2.27. The maximum absolute atomic E-state index is 9.50. The van der Waals surface area contributed by atoms with Crippen molar-refractivity contribution in [2.45, 2.75) is 154 Å². The minimum absolute atomic E-state index is 0.00259. The Kier molecular flexibility index (Phi) is 28.7. The van der Waals surface area contributed by atoms with E-state index >= 15 is 0 Å². The number of aliphatic hydroxyl groups is 1. The Morgan fingerprint density at radius 2 is 0.755 bits per heavy atom. The summed E-state index contributed by atoms with van der Waals surface area (Å²) in [5.74, 6) is 7.98. The number of hydrogen-bond acceptors (Lipinski definition) is 11. The second kappa shape index (κ2) is 34.8. The molecule has 0 saturated carbocycles. The van der Waals surface area contributed by atoms with Crippen LogP contribution in [0, 0.1) is 90.0 Å². The Balaban J connectivity index is 0.000000229. The summed E-state index contributed by atoms with van der Waals surface area (Å²) in [4.78, 5) is 0. The number of benzene rings is 8. The molecule has 0 spiro atoms. The molecule has 8 aromatic rings. The zero-order valence-corrected chi connectivity index (χ0v) is 64.6. The quantitative estimate of drug-likeness (QED) is 0.0517. The third kappa shape index (κ3) is 19.0. The fourth-order valence-corrected chi connectivity index (χ4v) is 17.8. The van der Waals surface area contributed by atoms with Gasteiger partial charge in [-0.25, -0.2) is 0 Å². The summed E-state index contributed by atoms with van der Waals surface area (Å²) in [5.41, 5.74) is 25.4. The van der Waals surface area contributed by atoms with Crippen molar-refractivity contribution in [2.75, 3.05) is 64.0 Å². The molecule has 0 fully saturated rings. The fourth-order valence-electron chi connectivity index (χ4n) is 12.7. The molecule has 0 aromatic heterocycles. The first kappa shape index (κ1) is 77.3. The second-order valence-corrected chi connectivity index (χ2v) is 32.3. The molecule has 0 unspecified atom stereocenters. The van der Waals surface area contributed by atoms with E-state index in [1.165, 1.54) is 61.2 Å². The van der Waals surface area contributed by atoms with Crippen LogP contribution in [0.3, 0.4) is 0 Å². The molecule has 1 N–H and O–H groups in total. The van der Waals surface area contributed by atoms with Crippen molar-refractivity contribution in [2.24, 2.45) is 0 Å². The standard InChI is InChI=1S/C22H34O5Si2.C21H28O2.C19H23ClO2.C18H22O2/c1-24-20-8-6-18(14-19(20)16-23)11-13-29(4,5)27-28-12-10-17-7-9-21(25-2)22(15-17)26-3;1-13-9-17(10-14(2)19(13)22-7)21(5,6)18-11-15(3)20(23-8)16(4)12-18;1-10-8-15(12(3)13(4)18(10)21-6)16-9-11(2)19(22-7)14(5)17(16)20;1-11-7-15(8-12(2)17(11)19-5)16-9-13(3)18(20-6)14(4)10-16/h6-9,14-15,23H,10-13,16,28H2,1-5H3;9-12H,1-8H3;8-9H,1-7H3;7-10H,1-6H3. The molecule has 0 aliphatic carbocycles. The lowest BCUT2D eigenvalue weighted by Gasteiger charge is -2.29. The summed E-state index contributed by atoms with van der Waals surface area (Å²) in [6.07, 6.45) is 1.98. The second-order valence-electron chi connectivity index (χ2n) is 25.6. The molecule has 0 aliphatic heterocycles. The van der Waals surface area contributed by atoms with Crippen LogP contribution in [0.25, 0.3) is 22.3 Å². The van der Waals surface area contributed by atoms with Crippen LogP contribution in [0.2, 0.25) is 30.2 Å². The molecule has 0 aliphatic rings. The summed E-state index contributed by atoms with van der Waals surface area (Å²) in [5, 5.41) is 10.2. The van der Waals surface area contributed by atoms with Gasteiger partial charge in [-0.2, -0.15) is 0 Å². The van der Waals surface area contributed by atoms with E-state index in [0.29, 0.717) is 0 Å². The summed E-state index contributed by atoms with van der Waals surface area (Å²) in [6.45, 7) is 36.2. The van der Waals surface area contributed by atoms with Gasteiger partial charge in [0.15, 0.2) is 19.8 Å². The van der Waals surface area contributed by atoms with E-state index in [9.17, 15) is 5.11 Å². The van der Waals surface area contributed by atoms with E-state index in [4.69, 9.17) is 58.3 Å². The molecule has 94 heavy (non-hydrogen) atoms. The van der Waals surface area contributed by atoms with Crippen molar-refractivity contribution >= 4 is 29.7 Å². The first-order valence-corrected chi connectivity index (χ1v) is 37.2. The fraction of sp³-hybridized carbons (Fsp3) is 0.400. The van der Waals surface area contributed by atoms with E-state index in [2.05, 4.69) is 182 Å². The Bertz CT molecular complexity index is 3610. The molecule has 0 heterocycles. The Hall–Kier alpha value is -7.40. The Morgan fingerprint density at radius 3 is 1.15 bits per heavy atom. The van der Waals surface area contributed by atoms with Crippen LogP contribution >= 0.6 is 11.6 Å². The lowest BCUT2D eigenvalue weighted by Crippen LogP contribution is -2.32. The molecule has 508 valence electrons. The maximum Gasteiger partial charge on any atom is 0.173 e. The normalized spacial score (nSPS) is 11.2. The highest BCUT2D eigenvalue weighted by molar-refractivity contribution is 6.75. The van der Waals surface area contributed by atoms with E-state index in [-0.39, 0.29) is 12.0 Å². The van der Waals surface area contributed by atoms with Gasteiger partial charge in [-0.05, 0) is 294 Å². The van der Waals surface area contributed by atoms with Crippen LogP contribution in [-0.2, 0) is 29.0 Å². The van der Waals surface area contributed by atoms with Gasteiger partial charge in [-0.1, -0.05) is 61.8 Å². The van der Waals surface area contributed by atoms with Crippen LogP contribution in [-0.4, -0.2) is 87.2 Å². The van der Waals surface area contributed by atoms with Gasteiger partial charge in [-0.15, -0.1) is 0 Å². The molecule has 11 nitrogen and oxygen atoms in total. The van der Waals surface area contributed by atoms with E-state index in [1.54, 1.807) is 64.0 Å². The van der Waals surface area contributed by atoms with Gasteiger partial charge >= 0.3 is 0 Å². The monoisotopic (exact) mass is 1330 g/mol. The number of halogens is 1. The van der Waals surface area contributed by atoms with Gasteiger partial charge in [-0.3, -0.25) is 0 Å². The number of ether oxygens (including phenoxy) is 9. The molecular formula is C80H107ClO11Si2. The Morgan fingerprint density at radius 1 is 0.394 bits per heavy atom. The topological polar surface area (TPSA) is 113 Å². The zero-order chi connectivity index (χ0) is 70.1. The molecule has 14 heteroatoms. The molecule has 0 atom stereocenters. The number of methoxy groups -OCH3 is 9. The first-order chi connectivity index (χ1) is 44.4. The molecule has 0 radical (unpaired) electrons. The third-order valence-electron chi connectivity index (χ3n) is 17.9. The van der Waals surface area contributed by atoms with Crippen molar-refractivity contribution in [3.05, 3.63) is 202 Å². The van der Waals surface area contributed by atoms with Gasteiger partial charge in [0.1, 0.15) is 50.0 Å². The van der Waals surface area contributed by atoms with Crippen LogP contribution in [0.5, 0.6) is 51.7 Å². The molecule has 8 rings (SSSR count). The minimum atomic E-state index is -1.68. The van der Waals surface area contributed by atoms with Crippen molar-refractivity contribution in [1.82, 2.24) is 0 Å². The van der Waals surface area contributed by atoms with Crippen molar-refractivity contribution in [3.63, 3.8) is 0 Å². The van der Waals surface area contributed by atoms with Crippen LogP contribution in [0.4, 0.5) is 0 Å². The smallest absolute Gasteiger partial charge is 0.173 e. The number of hydrogen-bond donors (Lipinski definition) is 1. The molecule has 0 bridgehead atoms. The average Bonchev–Trinajstić information content (AvgIpc) is 0.785. The highest BCUT2D eigenvalue weighted by atomic mass is 35.5. The van der Waals surface area contributed by atoms with Crippen molar-refractivity contribution in [3.8, 4) is 74.0 Å². The zero-order valence-electron chi connectivity index (χ0n) is 61.4. The molecular weight excluding hydrogens is 1230 g/mol. The SMILES string of the molecule is COc1c(C)cc(-c2cc(C)c(OC)c(C)c2)cc1C.COc1c(C)cc(-c2cc(C)c(OC)c(C)c2Cl)c(C)c1C.COc1c(C)cc(C(C)(C)c2cc(C)c(OC)c(C)c2)cc1C.COc1ccc(CC[Si](C)(C)O[SiH2]CCc2ccc(OC)c(OC)c2)cc1CO. The van der Waals surface area contributed by atoms with Gasteiger partial charge in [0.05, 0.1) is 75.6 Å². The Labute approximate surface area is 572 Å². The largest absolute Gasteiger partial charge is 0.496 e. The van der Waals surface area contributed by atoms with Crippen LogP contribution < -0.4 is 42.6 Å². The summed E-state index contributed by atoms with van der Waals surface area (Å²) >= 11 is 6.62. The van der Waals surface area contributed by atoms with Gasteiger partial charge in [0, 0.05) is 22.1 Å². The van der Waals surface area contributed by atoms with Crippen LogP contribution in [0.15, 0.2) is 97.1 Å². The third-order valence-corrected chi connectivity index (χ3v) is 24.4. The summed E-state index contributed by atoms with van der Waals surface area (Å²) in [6, 6.07) is 36.2. The number of aliphatic hydroxyl groups excluding tert-OH is 1. The maximum atomic E-state index is 9.50. The minimum Gasteiger partial charge on any atom is -0.496 e. The van der Waals surface area contributed by atoms with E-state index in [0.717, 1.165) is 143 Å². The first-order valence-electron chi connectivity index (χ1n) is 32.2. The molecule has 8 aromatic carbocycles. The number of rotatable bonds is 22. The van der Waals surface area contributed by atoms with Crippen LogP contribution in [0.1, 0.15) is 114 Å². The van der Waals surface area contributed by atoms with E-state index in [1.807, 2.05) is 32.0 Å². The van der Waals surface area contributed by atoms with Crippen molar-refractivity contribution in [1.29, 1.82) is 0 Å². The van der Waals surface area contributed by atoms with E-state index < -0.39 is 18.1 Å². The average molecular weight is 1340 g/mol. The van der Waals surface area contributed by atoms with Gasteiger partial charge in [0.2, 0.25) is 0 Å². The van der Waals surface area contributed by atoms with Gasteiger partial charge < -0.3 is 51.9 Å². The molecule has 0 amide bonds. The predicted octanol–water partition coefficient (Wildman–Crippen LogP) is 19.1.